The molecule has 0 saturated heterocycles. The molecule has 1 atom stereocenters. The second kappa shape index (κ2) is 7.70. The molecule has 10 heteroatoms. The molecule has 0 aliphatic carbocycles. The summed E-state index contributed by atoms with van der Waals surface area (Å²) in [5.74, 6) is 0.693. The minimum atomic E-state index is -4.43. The Morgan fingerprint density at radius 1 is 1.14 bits per heavy atom. The zero-order chi connectivity index (χ0) is 20.5. The lowest BCUT2D eigenvalue weighted by molar-refractivity contribution is -0.137. The molecule has 3 rings (SSSR count). The van der Waals surface area contributed by atoms with Gasteiger partial charge in [-0.05, 0) is 38.1 Å². The molecular formula is C18H16F3N3O3S. The van der Waals surface area contributed by atoms with Gasteiger partial charge < -0.3 is 9.15 Å². The van der Waals surface area contributed by atoms with Crippen LogP contribution in [0.3, 0.4) is 0 Å². The predicted octanol–water partition coefficient (Wildman–Crippen LogP) is 4.08. The van der Waals surface area contributed by atoms with Crippen LogP contribution in [0.25, 0.3) is 11.5 Å². The number of alkyl halides is 3. The Morgan fingerprint density at radius 3 is 2.43 bits per heavy atom. The van der Waals surface area contributed by atoms with Crippen molar-refractivity contribution in [3.8, 4) is 17.2 Å². The number of nitrogens with zero attached hydrogens (tertiary/aromatic N) is 3. The number of ether oxygens (including phenoxy) is 1. The SMILES string of the molecule is COc1c(C)cnc(CS(=O)c2nnc(-c3ccc(C(F)(F)F)cc3)o2)c1C. The number of rotatable bonds is 5. The van der Waals surface area contributed by atoms with Gasteiger partial charge in [-0.15, -0.1) is 5.10 Å². The van der Waals surface area contributed by atoms with E-state index in [0.717, 1.165) is 23.3 Å². The van der Waals surface area contributed by atoms with Gasteiger partial charge in [0.05, 0.1) is 24.1 Å². The molecule has 6 nitrogen and oxygen atoms in total. The lowest BCUT2D eigenvalue weighted by atomic mass is 10.1. The highest BCUT2D eigenvalue weighted by atomic mass is 32.2. The van der Waals surface area contributed by atoms with Crippen LogP contribution < -0.4 is 4.74 Å². The highest BCUT2D eigenvalue weighted by molar-refractivity contribution is 7.84. The summed E-state index contributed by atoms with van der Waals surface area (Å²) >= 11 is 0. The summed E-state index contributed by atoms with van der Waals surface area (Å²) in [6, 6.07) is 4.28. The molecule has 0 amide bonds. The quantitative estimate of drug-likeness (QED) is 0.630. The first-order valence-corrected chi connectivity index (χ1v) is 9.41. The maximum atomic E-state index is 12.6. The topological polar surface area (TPSA) is 78.1 Å². The smallest absolute Gasteiger partial charge is 0.416 e. The molecule has 1 unspecified atom stereocenters. The van der Waals surface area contributed by atoms with Crippen LogP contribution in [-0.2, 0) is 22.7 Å². The van der Waals surface area contributed by atoms with E-state index in [4.69, 9.17) is 9.15 Å². The summed E-state index contributed by atoms with van der Waals surface area (Å²) in [4.78, 5) is 4.28. The van der Waals surface area contributed by atoms with Crippen LogP contribution in [0.2, 0.25) is 0 Å². The Morgan fingerprint density at radius 2 is 1.82 bits per heavy atom. The molecule has 1 aromatic carbocycles. The molecule has 0 fully saturated rings. The maximum Gasteiger partial charge on any atom is 0.416 e. The fourth-order valence-corrected chi connectivity index (χ4v) is 3.59. The zero-order valence-electron chi connectivity index (χ0n) is 15.2. The molecule has 148 valence electrons. The molecule has 3 aromatic rings. The van der Waals surface area contributed by atoms with Gasteiger partial charge in [0.2, 0.25) is 5.89 Å². The number of methoxy groups -OCH3 is 1. The van der Waals surface area contributed by atoms with Crippen LogP contribution in [0.15, 0.2) is 40.1 Å². The van der Waals surface area contributed by atoms with Crippen LogP contribution >= 0.6 is 0 Å². The normalized spacial score (nSPS) is 12.8. The third-order valence-corrected chi connectivity index (χ3v) is 5.17. The summed E-state index contributed by atoms with van der Waals surface area (Å²) in [6.45, 7) is 3.67. The molecule has 0 aliphatic heterocycles. The number of hydrogen-bond acceptors (Lipinski definition) is 6. The van der Waals surface area contributed by atoms with Crippen molar-refractivity contribution in [2.45, 2.75) is 31.0 Å². The number of hydrogen-bond donors (Lipinski definition) is 0. The zero-order valence-corrected chi connectivity index (χ0v) is 16.0. The van der Waals surface area contributed by atoms with Crippen molar-refractivity contribution in [2.24, 2.45) is 0 Å². The minimum Gasteiger partial charge on any atom is -0.496 e. The second-order valence-corrected chi connectivity index (χ2v) is 7.31. The molecular weight excluding hydrogens is 395 g/mol. The standard InChI is InChI=1S/C18H16F3N3O3S/c1-10-8-22-14(11(2)15(10)26-3)9-28(25)17-24-23-16(27-17)12-4-6-13(7-5-12)18(19,20)21/h4-8H,9H2,1-3H3. The van der Waals surface area contributed by atoms with Gasteiger partial charge in [-0.3, -0.25) is 4.98 Å². The average Bonchev–Trinajstić information content (AvgIpc) is 3.14. The van der Waals surface area contributed by atoms with Crippen molar-refractivity contribution in [1.29, 1.82) is 0 Å². The van der Waals surface area contributed by atoms with Crippen molar-refractivity contribution in [1.82, 2.24) is 15.2 Å². The molecule has 0 saturated carbocycles. The minimum absolute atomic E-state index is 0.0109. The Kier molecular flexibility index (Phi) is 5.50. The van der Waals surface area contributed by atoms with Gasteiger partial charge in [-0.1, -0.05) is 5.10 Å². The summed E-state index contributed by atoms with van der Waals surface area (Å²) in [5.41, 5.74) is 1.70. The summed E-state index contributed by atoms with van der Waals surface area (Å²) in [6.07, 6.45) is -2.81. The van der Waals surface area contributed by atoms with E-state index in [1.165, 1.54) is 12.1 Å². The van der Waals surface area contributed by atoms with Crippen molar-refractivity contribution >= 4 is 10.8 Å². The van der Waals surface area contributed by atoms with Crippen LogP contribution in [0.5, 0.6) is 5.75 Å². The fourth-order valence-electron chi connectivity index (χ4n) is 2.62. The van der Waals surface area contributed by atoms with Gasteiger partial charge in [0, 0.05) is 22.9 Å². The third kappa shape index (κ3) is 4.06. The Labute approximate surface area is 161 Å². The molecule has 2 aromatic heterocycles. The first kappa shape index (κ1) is 20.0. The molecule has 0 bridgehead atoms. The molecule has 0 spiro atoms. The Bertz CT molecular complexity index is 1020. The van der Waals surface area contributed by atoms with Gasteiger partial charge in [0.15, 0.2) is 0 Å². The van der Waals surface area contributed by atoms with Crippen LogP contribution in [0, 0.1) is 13.8 Å². The first-order chi connectivity index (χ1) is 13.2. The first-order valence-electron chi connectivity index (χ1n) is 8.09. The Hall–Kier alpha value is -2.75. The molecule has 0 N–H and O–H groups in total. The summed E-state index contributed by atoms with van der Waals surface area (Å²) in [7, 11) is -0.125. The van der Waals surface area contributed by atoms with E-state index in [0.29, 0.717) is 17.0 Å². The molecule has 0 radical (unpaired) electrons. The van der Waals surface area contributed by atoms with Gasteiger partial charge >= 0.3 is 11.4 Å². The van der Waals surface area contributed by atoms with E-state index in [1.54, 1.807) is 13.3 Å². The van der Waals surface area contributed by atoms with Crippen molar-refractivity contribution in [2.75, 3.05) is 7.11 Å². The van der Waals surface area contributed by atoms with Crippen molar-refractivity contribution < 1.29 is 26.5 Å². The number of pyridine rings is 1. The van der Waals surface area contributed by atoms with Crippen LogP contribution in [0.1, 0.15) is 22.4 Å². The van der Waals surface area contributed by atoms with E-state index < -0.39 is 22.5 Å². The van der Waals surface area contributed by atoms with E-state index >= 15 is 0 Å². The van der Waals surface area contributed by atoms with Crippen LogP contribution in [0.4, 0.5) is 13.2 Å². The van der Waals surface area contributed by atoms with E-state index in [-0.39, 0.29) is 16.9 Å². The van der Waals surface area contributed by atoms with Gasteiger partial charge in [-0.2, -0.15) is 13.2 Å². The maximum absolute atomic E-state index is 12.6. The fraction of sp³-hybridized carbons (Fsp3) is 0.278. The number of aromatic nitrogens is 3. The van der Waals surface area contributed by atoms with Crippen molar-refractivity contribution in [3.05, 3.63) is 52.8 Å². The summed E-state index contributed by atoms with van der Waals surface area (Å²) < 4.78 is 61.2. The van der Waals surface area contributed by atoms with Crippen molar-refractivity contribution in [3.63, 3.8) is 0 Å². The molecule has 0 aliphatic rings. The lowest BCUT2D eigenvalue weighted by Gasteiger charge is -2.11. The number of aryl methyl sites for hydroxylation is 1. The van der Waals surface area contributed by atoms with E-state index in [1.807, 2.05) is 13.8 Å². The monoisotopic (exact) mass is 411 g/mol. The lowest BCUT2D eigenvalue weighted by Crippen LogP contribution is -2.04. The highest BCUT2D eigenvalue weighted by Gasteiger charge is 2.30. The number of halogens is 3. The number of benzene rings is 1. The van der Waals surface area contributed by atoms with Gasteiger partial charge in [0.1, 0.15) is 16.5 Å². The van der Waals surface area contributed by atoms with E-state index in [2.05, 4.69) is 15.2 Å². The third-order valence-electron chi connectivity index (χ3n) is 4.08. The summed E-state index contributed by atoms with van der Waals surface area (Å²) in [5, 5.41) is 7.40. The predicted molar refractivity (Wildman–Crippen MR) is 95.1 cm³/mol. The van der Waals surface area contributed by atoms with Crippen LogP contribution in [-0.4, -0.2) is 26.5 Å². The second-order valence-electron chi connectivity index (χ2n) is 5.98. The Balaban J connectivity index is 1.80. The van der Waals surface area contributed by atoms with E-state index in [9.17, 15) is 17.4 Å². The molecule has 2 heterocycles. The average molecular weight is 411 g/mol. The van der Waals surface area contributed by atoms with Gasteiger partial charge in [0.25, 0.3) is 0 Å². The highest BCUT2D eigenvalue weighted by Crippen LogP contribution is 2.31. The largest absolute Gasteiger partial charge is 0.496 e. The molecule has 28 heavy (non-hydrogen) atoms. The van der Waals surface area contributed by atoms with Gasteiger partial charge in [-0.25, -0.2) is 4.21 Å².